The normalized spacial score (nSPS) is 20.3. The first-order valence-corrected chi connectivity index (χ1v) is 8.15. The van der Waals surface area contributed by atoms with Gasteiger partial charge in [-0.3, -0.25) is 4.90 Å². The molecule has 1 amide bonds. The van der Waals surface area contributed by atoms with Crippen LogP contribution in [0.4, 0.5) is 4.79 Å². The number of aliphatic hydroxyl groups is 1. The number of morpholine rings is 1. The van der Waals surface area contributed by atoms with E-state index in [0.717, 1.165) is 0 Å². The number of amides is 1. The van der Waals surface area contributed by atoms with Crippen LogP contribution in [-0.4, -0.2) is 47.5 Å². The Morgan fingerprint density at radius 2 is 2.13 bits per heavy atom. The number of carbonyl (C=O) groups is 1. The number of hydrogen-bond acceptors (Lipinski definition) is 4. The van der Waals surface area contributed by atoms with Crippen molar-refractivity contribution in [3.8, 4) is 0 Å². The zero-order valence-corrected chi connectivity index (χ0v) is 14.9. The van der Waals surface area contributed by atoms with Crippen LogP contribution >= 0.6 is 23.2 Å². The Labute approximate surface area is 146 Å². The van der Waals surface area contributed by atoms with E-state index in [1.807, 2.05) is 0 Å². The summed E-state index contributed by atoms with van der Waals surface area (Å²) in [5.41, 5.74) is -0.151. The molecule has 0 aromatic heterocycles. The molecule has 1 N–H and O–H groups in total. The van der Waals surface area contributed by atoms with Crippen LogP contribution in [0.5, 0.6) is 0 Å². The third-order valence-electron chi connectivity index (χ3n) is 3.43. The molecule has 5 nitrogen and oxygen atoms in total. The monoisotopic (exact) mass is 361 g/mol. The largest absolute Gasteiger partial charge is 0.444 e. The Hall–Kier alpha value is -1.01. The van der Waals surface area contributed by atoms with Gasteiger partial charge in [0.25, 0.3) is 0 Å². The van der Waals surface area contributed by atoms with E-state index in [0.29, 0.717) is 28.8 Å². The lowest BCUT2D eigenvalue weighted by atomic mass is 10.0. The summed E-state index contributed by atoms with van der Waals surface area (Å²) in [5, 5.41) is 11.5. The molecular formula is C16H21Cl2NO4. The van der Waals surface area contributed by atoms with Crippen molar-refractivity contribution in [2.75, 3.05) is 19.8 Å². The van der Waals surface area contributed by atoms with Crippen LogP contribution in [0.1, 0.15) is 32.4 Å². The van der Waals surface area contributed by atoms with Crippen molar-refractivity contribution in [3.05, 3.63) is 33.8 Å². The summed E-state index contributed by atoms with van der Waals surface area (Å²) in [5.74, 6) is 0. The van der Waals surface area contributed by atoms with E-state index in [1.54, 1.807) is 39.0 Å². The SMILES string of the molecule is CC(C)(C)OC(=O)N1CCOCC1C(O)c1cc(Cl)ccc1Cl. The summed E-state index contributed by atoms with van der Waals surface area (Å²) in [7, 11) is 0. The van der Waals surface area contributed by atoms with Crippen molar-refractivity contribution in [1.29, 1.82) is 0 Å². The number of carbonyl (C=O) groups excluding carboxylic acids is 1. The van der Waals surface area contributed by atoms with Crippen LogP contribution < -0.4 is 0 Å². The molecule has 1 aliphatic rings. The van der Waals surface area contributed by atoms with Crippen LogP contribution in [-0.2, 0) is 9.47 Å². The third-order valence-corrected chi connectivity index (χ3v) is 4.01. The van der Waals surface area contributed by atoms with Gasteiger partial charge in [0.2, 0.25) is 0 Å². The molecule has 1 saturated heterocycles. The van der Waals surface area contributed by atoms with Gasteiger partial charge in [0.1, 0.15) is 11.7 Å². The van der Waals surface area contributed by atoms with E-state index in [4.69, 9.17) is 32.7 Å². The first-order chi connectivity index (χ1) is 10.7. The van der Waals surface area contributed by atoms with Gasteiger partial charge in [-0.05, 0) is 39.0 Å². The zero-order chi connectivity index (χ0) is 17.2. The molecule has 1 aromatic carbocycles. The van der Waals surface area contributed by atoms with E-state index >= 15 is 0 Å². The first-order valence-electron chi connectivity index (χ1n) is 7.39. The Bertz CT molecular complexity index is 574. The number of hydrogen-bond donors (Lipinski definition) is 1. The van der Waals surface area contributed by atoms with Gasteiger partial charge in [-0.25, -0.2) is 4.79 Å². The van der Waals surface area contributed by atoms with Gasteiger partial charge in [0.15, 0.2) is 0 Å². The Kier molecular flexibility index (Phi) is 5.79. The molecule has 2 rings (SSSR count). The van der Waals surface area contributed by atoms with Crippen molar-refractivity contribution in [2.24, 2.45) is 0 Å². The standard InChI is InChI=1S/C16H21Cl2NO4/c1-16(2,3)23-15(21)19-6-7-22-9-13(19)14(20)11-8-10(17)4-5-12(11)18/h4-5,8,13-14,20H,6-7,9H2,1-3H3. The summed E-state index contributed by atoms with van der Waals surface area (Å²) < 4.78 is 10.8. The maximum atomic E-state index is 12.4. The summed E-state index contributed by atoms with van der Waals surface area (Å²) >= 11 is 12.1. The molecule has 7 heteroatoms. The highest BCUT2D eigenvalue weighted by Gasteiger charge is 2.36. The van der Waals surface area contributed by atoms with Gasteiger partial charge < -0.3 is 14.6 Å². The van der Waals surface area contributed by atoms with Crippen LogP contribution in [0.15, 0.2) is 18.2 Å². The third kappa shape index (κ3) is 4.73. The van der Waals surface area contributed by atoms with Gasteiger partial charge in [0, 0.05) is 22.2 Å². The Morgan fingerprint density at radius 1 is 1.43 bits per heavy atom. The first kappa shape index (κ1) is 18.3. The molecule has 0 bridgehead atoms. The minimum atomic E-state index is -1.02. The van der Waals surface area contributed by atoms with Crippen molar-refractivity contribution in [3.63, 3.8) is 0 Å². The Morgan fingerprint density at radius 3 is 2.78 bits per heavy atom. The number of benzene rings is 1. The number of rotatable bonds is 2. The van der Waals surface area contributed by atoms with Crippen LogP contribution in [0.25, 0.3) is 0 Å². The van der Waals surface area contributed by atoms with Crippen molar-refractivity contribution < 1.29 is 19.4 Å². The number of nitrogens with zero attached hydrogens (tertiary/aromatic N) is 1. The van der Waals surface area contributed by atoms with Gasteiger partial charge in [0.05, 0.1) is 19.3 Å². The Balaban J connectivity index is 2.23. The molecule has 1 heterocycles. The molecule has 0 aliphatic carbocycles. The minimum Gasteiger partial charge on any atom is -0.444 e. The quantitative estimate of drug-likeness (QED) is 0.872. The van der Waals surface area contributed by atoms with Crippen LogP contribution in [0.2, 0.25) is 10.0 Å². The maximum absolute atomic E-state index is 12.4. The van der Waals surface area contributed by atoms with Crippen LogP contribution in [0, 0.1) is 0 Å². The molecule has 23 heavy (non-hydrogen) atoms. The van der Waals surface area contributed by atoms with E-state index < -0.39 is 23.8 Å². The summed E-state index contributed by atoms with van der Waals surface area (Å²) in [6, 6.07) is 4.26. The maximum Gasteiger partial charge on any atom is 0.410 e. The summed E-state index contributed by atoms with van der Waals surface area (Å²) in [6.07, 6.45) is -1.50. The molecule has 1 fully saturated rings. The minimum absolute atomic E-state index is 0.198. The predicted octanol–water partition coefficient (Wildman–Crippen LogP) is 3.66. The predicted molar refractivity (Wildman–Crippen MR) is 89.0 cm³/mol. The number of aliphatic hydroxyl groups excluding tert-OH is 1. The molecular weight excluding hydrogens is 341 g/mol. The summed E-state index contributed by atoms with van der Waals surface area (Å²) in [6.45, 7) is 6.32. The molecule has 0 radical (unpaired) electrons. The molecule has 2 atom stereocenters. The average Bonchev–Trinajstić information content (AvgIpc) is 2.47. The molecule has 2 unspecified atom stereocenters. The fraction of sp³-hybridized carbons (Fsp3) is 0.562. The summed E-state index contributed by atoms with van der Waals surface area (Å²) in [4.78, 5) is 13.9. The van der Waals surface area contributed by atoms with Gasteiger partial charge in [-0.15, -0.1) is 0 Å². The lowest BCUT2D eigenvalue weighted by molar-refractivity contribution is -0.0672. The topological polar surface area (TPSA) is 59.0 Å². The van der Waals surface area contributed by atoms with Gasteiger partial charge >= 0.3 is 6.09 Å². The highest BCUT2D eigenvalue weighted by atomic mass is 35.5. The van der Waals surface area contributed by atoms with E-state index in [2.05, 4.69) is 0 Å². The van der Waals surface area contributed by atoms with Crippen molar-refractivity contribution >= 4 is 29.3 Å². The molecule has 0 spiro atoms. The van der Waals surface area contributed by atoms with E-state index in [1.165, 1.54) is 4.90 Å². The molecule has 1 aromatic rings. The smallest absolute Gasteiger partial charge is 0.410 e. The second-order valence-corrected chi connectivity index (χ2v) is 7.27. The second-order valence-electron chi connectivity index (χ2n) is 6.43. The van der Waals surface area contributed by atoms with Gasteiger partial charge in [-0.2, -0.15) is 0 Å². The van der Waals surface area contributed by atoms with Crippen LogP contribution in [0.3, 0.4) is 0 Å². The van der Waals surface area contributed by atoms with Crippen molar-refractivity contribution in [2.45, 2.75) is 38.5 Å². The zero-order valence-electron chi connectivity index (χ0n) is 13.4. The van der Waals surface area contributed by atoms with Gasteiger partial charge in [-0.1, -0.05) is 23.2 Å². The lowest BCUT2D eigenvalue weighted by Gasteiger charge is -2.39. The van der Waals surface area contributed by atoms with E-state index in [-0.39, 0.29) is 6.61 Å². The van der Waals surface area contributed by atoms with Crippen molar-refractivity contribution in [1.82, 2.24) is 4.90 Å². The number of halogens is 2. The highest BCUT2D eigenvalue weighted by molar-refractivity contribution is 6.33. The molecule has 128 valence electrons. The molecule has 0 saturated carbocycles. The fourth-order valence-electron chi connectivity index (χ4n) is 2.38. The average molecular weight is 362 g/mol. The number of ether oxygens (including phenoxy) is 2. The van der Waals surface area contributed by atoms with E-state index in [9.17, 15) is 9.90 Å². The lowest BCUT2D eigenvalue weighted by Crippen LogP contribution is -2.52. The molecule has 1 aliphatic heterocycles. The second kappa shape index (κ2) is 7.26. The highest BCUT2D eigenvalue weighted by Crippen LogP contribution is 2.31. The fourth-order valence-corrected chi connectivity index (χ4v) is 2.79.